The van der Waals surface area contributed by atoms with Crippen molar-refractivity contribution in [1.82, 2.24) is 4.98 Å². The Kier molecular flexibility index (Phi) is 3.15. The van der Waals surface area contributed by atoms with Crippen molar-refractivity contribution in [3.63, 3.8) is 0 Å². The molecule has 0 amide bonds. The Morgan fingerprint density at radius 2 is 1.95 bits per heavy atom. The molecule has 0 bridgehead atoms. The number of thiazole rings is 1. The van der Waals surface area contributed by atoms with E-state index in [1.807, 2.05) is 36.4 Å². The number of hydrogen-bond donors (Lipinski definition) is 2. The van der Waals surface area contributed by atoms with Crippen LogP contribution >= 0.6 is 23.6 Å². The second kappa shape index (κ2) is 4.95. The van der Waals surface area contributed by atoms with Gasteiger partial charge < -0.3 is 10.1 Å². The smallest absolute Gasteiger partial charge is 0.209 e. The average molecular weight is 286 g/mol. The van der Waals surface area contributed by atoms with E-state index in [4.69, 9.17) is 12.2 Å². The van der Waals surface area contributed by atoms with Gasteiger partial charge in [0, 0.05) is 0 Å². The molecule has 3 rings (SSSR count). The van der Waals surface area contributed by atoms with Crippen molar-refractivity contribution < 1.29 is 5.11 Å². The Morgan fingerprint density at radius 3 is 2.68 bits per heavy atom. The molecule has 19 heavy (non-hydrogen) atoms. The van der Waals surface area contributed by atoms with Crippen molar-refractivity contribution in [3.8, 4) is 5.88 Å². The Labute approximate surface area is 118 Å². The topological polar surface area (TPSA) is 48.4 Å². The van der Waals surface area contributed by atoms with Gasteiger partial charge >= 0.3 is 0 Å². The minimum Gasteiger partial charge on any atom is -0.494 e. The van der Waals surface area contributed by atoms with Crippen molar-refractivity contribution in [2.75, 3.05) is 0 Å². The largest absolute Gasteiger partial charge is 0.494 e. The van der Waals surface area contributed by atoms with Crippen LogP contribution in [-0.2, 0) is 0 Å². The lowest BCUT2D eigenvalue weighted by Crippen LogP contribution is -1.76. The van der Waals surface area contributed by atoms with Gasteiger partial charge in [0.1, 0.15) is 4.88 Å². The van der Waals surface area contributed by atoms with Gasteiger partial charge in [-0.2, -0.15) is 0 Å². The zero-order chi connectivity index (χ0) is 13.2. The monoisotopic (exact) mass is 286 g/mol. The van der Waals surface area contributed by atoms with Crippen LogP contribution in [0.4, 0.5) is 5.69 Å². The third-order valence-electron chi connectivity index (χ3n) is 2.72. The van der Waals surface area contributed by atoms with Crippen LogP contribution in [0.25, 0.3) is 10.8 Å². The highest BCUT2D eigenvalue weighted by Crippen LogP contribution is 2.23. The SMILES string of the molecule is Oc1[nH]c(=S)sc1C=Nc1ccc2ccccc2c1. The molecule has 3 aromatic rings. The van der Waals surface area contributed by atoms with E-state index in [0.717, 1.165) is 11.1 Å². The molecule has 5 heteroatoms. The zero-order valence-electron chi connectivity index (χ0n) is 9.83. The molecule has 2 aromatic carbocycles. The van der Waals surface area contributed by atoms with E-state index in [0.29, 0.717) is 8.83 Å². The van der Waals surface area contributed by atoms with Crippen molar-refractivity contribution >= 4 is 46.2 Å². The van der Waals surface area contributed by atoms with Crippen LogP contribution < -0.4 is 0 Å². The third-order valence-corrected chi connectivity index (χ3v) is 3.88. The molecule has 0 aliphatic carbocycles. The number of aromatic nitrogens is 1. The Morgan fingerprint density at radius 1 is 1.16 bits per heavy atom. The molecule has 0 atom stereocenters. The second-order valence-corrected chi connectivity index (χ2v) is 5.74. The van der Waals surface area contributed by atoms with Crippen molar-refractivity contribution in [2.24, 2.45) is 4.99 Å². The second-order valence-electron chi connectivity index (χ2n) is 4.02. The number of fused-ring (bicyclic) bond motifs is 1. The van der Waals surface area contributed by atoms with Gasteiger partial charge in [0.25, 0.3) is 0 Å². The zero-order valence-corrected chi connectivity index (χ0v) is 11.5. The molecule has 0 spiro atoms. The molecule has 1 aromatic heterocycles. The lowest BCUT2D eigenvalue weighted by Gasteiger charge is -1.98. The summed E-state index contributed by atoms with van der Waals surface area (Å²) in [5.41, 5.74) is 0.845. The normalized spacial score (nSPS) is 11.4. The van der Waals surface area contributed by atoms with Crippen LogP contribution in [0.5, 0.6) is 5.88 Å². The van der Waals surface area contributed by atoms with Gasteiger partial charge in [-0.05, 0) is 35.1 Å². The van der Waals surface area contributed by atoms with E-state index in [2.05, 4.69) is 16.0 Å². The first-order chi connectivity index (χ1) is 9.22. The van der Waals surface area contributed by atoms with E-state index in [1.165, 1.54) is 16.7 Å². The Hall–Kier alpha value is -1.98. The number of aliphatic imine (C=N–C) groups is 1. The molecule has 0 saturated heterocycles. The minimum atomic E-state index is 0.0690. The lowest BCUT2D eigenvalue weighted by molar-refractivity contribution is 0.456. The highest BCUT2D eigenvalue weighted by molar-refractivity contribution is 7.73. The molecule has 0 aliphatic rings. The van der Waals surface area contributed by atoms with Gasteiger partial charge in [-0.15, -0.1) is 0 Å². The third kappa shape index (κ3) is 2.57. The van der Waals surface area contributed by atoms with Crippen molar-refractivity contribution in [3.05, 3.63) is 51.3 Å². The Balaban J connectivity index is 1.97. The standard InChI is InChI=1S/C14H10N2OS2/c17-13-12(19-14(18)16-13)8-15-11-6-5-9-3-1-2-4-10(9)7-11/h1-8,17H,(H,16,18). The summed E-state index contributed by atoms with van der Waals surface area (Å²) in [6.07, 6.45) is 1.62. The molecule has 0 radical (unpaired) electrons. The summed E-state index contributed by atoms with van der Waals surface area (Å²) in [6.45, 7) is 0. The van der Waals surface area contributed by atoms with E-state index in [9.17, 15) is 5.11 Å². The number of aromatic hydroxyl groups is 1. The van der Waals surface area contributed by atoms with Gasteiger partial charge in [0.05, 0.1) is 11.9 Å². The summed E-state index contributed by atoms with van der Waals surface area (Å²) in [5.74, 6) is 0.0690. The maximum Gasteiger partial charge on any atom is 0.209 e. The summed E-state index contributed by atoms with van der Waals surface area (Å²) in [5, 5.41) is 11.9. The van der Waals surface area contributed by atoms with Crippen LogP contribution in [0, 0.1) is 3.95 Å². The predicted octanol–water partition coefficient (Wildman–Crippen LogP) is 4.42. The number of hydrogen-bond acceptors (Lipinski definition) is 4. The first-order valence-electron chi connectivity index (χ1n) is 5.67. The fraction of sp³-hybridized carbons (Fsp3) is 0. The van der Waals surface area contributed by atoms with Gasteiger partial charge in [0.15, 0.2) is 3.95 Å². The molecule has 0 aliphatic heterocycles. The number of aromatic amines is 1. The first-order valence-corrected chi connectivity index (χ1v) is 6.90. The quantitative estimate of drug-likeness (QED) is 0.541. The number of nitrogens with zero attached hydrogens (tertiary/aromatic N) is 1. The average Bonchev–Trinajstić information content (AvgIpc) is 2.74. The van der Waals surface area contributed by atoms with Crippen LogP contribution in [-0.4, -0.2) is 16.3 Å². The van der Waals surface area contributed by atoms with Crippen LogP contribution in [0.15, 0.2) is 47.5 Å². The summed E-state index contributed by atoms with van der Waals surface area (Å²) in [6, 6.07) is 14.1. The first kappa shape index (κ1) is 12.1. The predicted molar refractivity (Wildman–Crippen MR) is 82.4 cm³/mol. The van der Waals surface area contributed by atoms with Gasteiger partial charge in [-0.25, -0.2) is 0 Å². The summed E-state index contributed by atoms with van der Waals surface area (Å²) >= 11 is 6.25. The maximum atomic E-state index is 9.58. The molecule has 2 N–H and O–H groups in total. The molecule has 1 heterocycles. The van der Waals surface area contributed by atoms with Crippen LogP contribution in [0.3, 0.4) is 0 Å². The summed E-state index contributed by atoms with van der Waals surface area (Å²) < 4.78 is 0.539. The summed E-state index contributed by atoms with van der Waals surface area (Å²) in [7, 11) is 0. The molecule has 0 saturated carbocycles. The molecule has 94 valence electrons. The molecule has 0 unspecified atom stereocenters. The van der Waals surface area contributed by atoms with E-state index < -0.39 is 0 Å². The van der Waals surface area contributed by atoms with E-state index in [-0.39, 0.29) is 5.88 Å². The number of benzene rings is 2. The van der Waals surface area contributed by atoms with Crippen molar-refractivity contribution in [2.45, 2.75) is 0 Å². The van der Waals surface area contributed by atoms with Crippen LogP contribution in [0.1, 0.15) is 4.88 Å². The van der Waals surface area contributed by atoms with Crippen LogP contribution in [0.2, 0.25) is 0 Å². The molecular weight excluding hydrogens is 276 g/mol. The molecule has 3 nitrogen and oxygen atoms in total. The lowest BCUT2D eigenvalue weighted by atomic mass is 10.1. The number of nitrogens with one attached hydrogen (secondary N) is 1. The highest BCUT2D eigenvalue weighted by atomic mass is 32.1. The Bertz CT molecular complexity index is 817. The van der Waals surface area contributed by atoms with Gasteiger partial charge in [0.2, 0.25) is 5.88 Å². The van der Waals surface area contributed by atoms with Gasteiger partial charge in [-0.1, -0.05) is 41.7 Å². The number of rotatable bonds is 2. The van der Waals surface area contributed by atoms with E-state index in [1.54, 1.807) is 6.21 Å². The van der Waals surface area contributed by atoms with E-state index >= 15 is 0 Å². The molecule has 0 fully saturated rings. The van der Waals surface area contributed by atoms with Gasteiger partial charge in [-0.3, -0.25) is 4.99 Å². The summed E-state index contributed by atoms with van der Waals surface area (Å²) in [4.78, 5) is 7.67. The fourth-order valence-corrected chi connectivity index (χ4v) is 2.78. The highest BCUT2D eigenvalue weighted by Gasteiger charge is 2.01. The van der Waals surface area contributed by atoms with Crippen molar-refractivity contribution in [1.29, 1.82) is 0 Å². The minimum absolute atomic E-state index is 0.0690. The maximum absolute atomic E-state index is 9.58. The number of H-pyrrole nitrogens is 1. The molecular formula is C14H10N2OS2. The fourth-order valence-electron chi connectivity index (χ4n) is 1.81.